The topological polar surface area (TPSA) is 57.5 Å². The molecule has 0 unspecified atom stereocenters. The van der Waals surface area contributed by atoms with E-state index in [1.807, 2.05) is 0 Å². The number of carboxylic acids is 1. The van der Waals surface area contributed by atoms with Crippen molar-refractivity contribution in [3.05, 3.63) is 0 Å². The molecule has 0 saturated carbocycles. The molecule has 17 heavy (non-hydrogen) atoms. The molecule has 0 aliphatic carbocycles. The van der Waals surface area contributed by atoms with E-state index in [0.717, 1.165) is 25.7 Å². The van der Waals surface area contributed by atoms with Crippen LogP contribution in [-0.2, 0) is 4.79 Å². The Labute approximate surface area is 105 Å². The quantitative estimate of drug-likeness (QED) is 0.514. The van der Waals surface area contributed by atoms with Crippen molar-refractivity contribution in [1.29, 1.82) is 0 Å². The highest BCUT2D eigenvalue weighted by molar-refractivity contribution is 5.66. The van der Waals surface area contributed by atoms with Crippen LogP contribution in [0.25, 0.3) is 0 Å². The van der Waals surface area contributed by atoms with Gasteiger partial charge in [0.25, 0.3) is 0 Å². The van der Waals surface area contributed by atoms with Crippen molar-refractivity contribution in [2.24, 2.45) is 0 Å². The van der Waals surface area contributed by atoms with Crippen LogP contribution >= 0.6 is 0 Å². The molecule has 0 aliphatic heterocycles. The van der Waals surface area contributed by atoms with E-state index in [9.17, 15) is 9.90 Å². The third-order valence-electron chi connectivity index (χ3n) is 3.07. The molecule has 2 N–H and O–H groups in total. The van der Waals surface area contributed by atoms with Crippen LogP contribution in [0.4, 0.5) is 0 Å². The van der Waals surface area contributed by atoms with Crippen molar-refractivity contribution in [3.63, 3.8) is 0 Å². The summed E-state index contributed by atoms with van der Waals surface area (Å²) in [4.78, 5) is 10.3. The zero-order chi connectivity index (χ0) is 12.9. The van der Waals surface area contributed by atoms with Gasteiger partial charge in [0, 0.05) is 6.42 Å². The number of hydrogen-bond acceptors (Lipinski definition) is 2. The number of aliphatic hydroxyl groups is 1. The molecule has 1 atom stereocenters. The molecule has 0 bridgehead atoms. The number of rotatable bonds is 12. The van der Waals surface area contributed by atoms with E-state index < -0.39 is 5.97 Å². The summed E-state index contributed by atoms with van der Waals surface area (Å²) < 4.78 is 0. The Balaban J connectivity index is 3.17. The first kappa shape index (κ1) is 16.4. The maximum atomic E-state index is 10.3. The largest absolute Gasteiger partial charge is 0.481 e. The summed E-state index contributed by atoms with van der Waals surface area (Å²) in [6.45, 7) is 2.21. The first-order valence-corrected chi connectivity index (χ1v) is 7.06. The second kappa shape index (κ2) is 11.9. The van der Waals surface area contributed by atoms with Crippen LogP contribution in [0.1, 0.15) is 77.6 Å². The molecule has 0 aromatic heterocycles. The lowest BCUT2D eigenvalue weighted by Crippen LogP contribution is -2.06. The smallest absolute Gasteiger partial charge is 0.303 e. The molecule has 0 saturated heterocycles. The molecule has 0 spiro atoms. The fourth-order valence-corrected chi connectivity index (χ4v) is 1.96. The van der Waals surface area contributed by atoms with Crippen LogP contribution in [0.15, 0.2) is 0 Å². The summed E-state index contributed by atoms with van der Waals surface area (Å²) in [6, 6.07) is 0. The second-order valence-corrected chi connectivity index (χ2v) is 4.85. The first-order chi connectivity index (χ1) is 8.16. The highest BCUT2D eigenvalue weighted by Crippen LogP contribution is 2.12. The number of carbonyl (C=O) groups is 1. The summed E-state index contributed by atoms with van der Waals surface area (Å²) in [5, 5.41) is 18.1. The molecule has 0 amide bonds. The van der Waals surface area contributed by atoms with E-state index in [2.05, 4.69) is 6.92 Å². The maximum absolute atomic E-state index is 10.3. The van der Waals surface area contributed by atoms with Gasteiger partial charge >= 0.3 is 5.97 Å². The van der Waals surface area contributed by atoms with E-state index >= 15 is 0 Å². The average Bonchev–Trinajstić information content (AvgIpc) is 2.29. The van der Waals surface area contributed by atoms with E-state index in [0.29, 0.717) is 6.42 Å². The monoisotopic (exact) mass is 244 g/mol. The highest BCUT2D eigenvalue weighted by atomic mass is 16.4. The van der Waals surface area contributed by atoms with E-state index in [-0.39, 0.29) is 12.5 Å². The SMILES string of the molecule is CCCCCCCC[C@@H](O)CCCCC(=O)O. The Hall–Kier alpha value is -0.570. The molecule has 0 fully saturated rings. The molecule has 0 aromatic rings. The highest BCUT2D eigenvalue weighted by Gasteiger charge is 2.04. The molecule has 0 aromatic carbocycles. The Morgan fingerprint density at radius 3 is 2.06 bits per heavy atom. The summed E-state index contributed by atoms with van der Waals surface area (Å²) in [5.41, 5.74) is 0. The third-order valence-corrected chi connectivity index (χ3v) is 3.07. The second-order valence-electron chi connectivity index (χ2n) is 4.85. The van der Waals surface area contributed by atoms with Crippen LogP contribution in [0, 0.1) is 0 Å². The van der Waals surface area contributed by atoms with Crippen molar-refractivity contribution in [3.8, 4) is 0 Å². The molecule has 0 radical (unpaired) electrons. The van der Waals surface area contributed by atoms with Gasteiger partial charge in [-0.15, -0.1) is 0 Å². The van der Waals surface area contributed by atoms with Gasteiger partial charge in [-0.3, -0.25) is 4.79 Å². The Kier molecular flexibility index (Phi) is 11.5. The standard InChI is InChI=1S/C14H28O3/c1-2-3-4-5-6-7-10-13(15)11-8-9-12-14(16)17/h13,15H,2-12H2,1H3,(H,16,17)/t13-/m1/s1. The Morgan fingerprint density at radius 1 is 0.941 bits per heavy atom. The van der Waals surface area contributed by atoms with Crippen molar-refractivity contribution < 1.29 is 15.0 Å². The lowest BCUT2D eigenvalue weighted by atomic mass is 10.0. The van der Waals surface area contributed by atoms with Crippen LogP contribution < -0.4 is 0 Å². The van der Waals surface area contributed by atoms with Gasteiger partial charge in [-0.05, 0) is 19.3 Å². The number of aliphatic carboxylic acids is 1. The van der Waals surface area contributed by atoms with Gasteiger partial charge in [0.1, 0.15) is 0 Å². The van der Waals surface area contributed by atoms with E-state index in [1.54, 1.807) is 0 Å². The molecule has 3 nitrogen and oxygen atoms in total. The van der Waals surface area contributed by atoms with Gasteiger partial charge in [-0.2, -0.15) is 0 Å². The number of carboxylic acid groups (broad SMARTS) is 1. The van der Waals surface area contributed by atoms with Gasteiger partial charge in [0.2, 0.25) is 0 Å². The molecular weight excluding hydrogens is 216 g/mol. The Bertz CT molecular complexity index is 180. The van der Waals surface area contributed by atoms with Gasteiger partial charge in [-0.1, -0.05) is 51.9 Å². The zero-order valence-electron chi connectivity index (χ0n) is 11.2. The minimum Gasteiger partial charge on any atom is -0.481 e. The molecule has 0 aliphatic rings. The first-order valence-electron chi connectivity index (χ1n) is 7.06. The Morgan fingerprint density at radius 2 is 1.47 bits per heavy atom. The van der Waals surface area contributed by atoms with Crippen LogP contribution in [0.2, 0.25) is 0 Å². The molecular formula is C14H28O3. The minimum absolute atomic E-state index is 0.226. The molecule has 0 heterocycles. The van der Waals surface area contributed by atoms with Gasteiger partial charge < -0.3 is 10.2 Å². The van der Waals surface area contributed by atoms with Gasteiger partial charge in [0.15, 0.2) is 0 Å². The zero-order valence-corrected chi connectivity index (χ0v) is 11.2. The average molecular weight is 244 g/mol. The third kappa shape index (κ3) is 13.4. The normalized spacial score (nSPS) is 12.6. The van der Waals surface area contributed by atoms with Crippen LogP contribution in [0.3, 0.4) is 0 Å². The molecule has 3 heteroatoms. The van der Waals surface area contributed by atoms with Crippen molar-refractivity contribution in [2.75, 3.05) is 0 Å². The fraction of sp³-hybridized carbons (Fsp3) is 0.929. The van der Waals surface area contributed by atoms with Gasteiger partial charge in [-0.25, -0.2) is 0 Å². The summed E-state index contributed by atoms with van der Waals surface area (Å²) in [6.07, 6.45) is 10.6. The number of hydrogen-bond donors (Lipinski definition) is 2. The number of aliphatic hydroxyl groups excluding tert-OH is 1. The minimum atomic E-state index is -0.740. The van der Waals surface area contributed by atoms with Crippen molar-refractivity contribution in [2.45, 2.75) is 83.7 Å². The molecule has 0 rings (SSSR count). The van der Waals surface area contributed by atoms with E-state index in [1.165, 1.54) is 32.1 Å². The predicted molar refractivity (Wildman–Crippen MR) is 70.1 cm³/mol. The maximum Gasteiger partial charge on any atom is 0.303 e. The van der Waals surface area contributed by atoms with Crippen LogP contribution in [-0.4, -0.2) is 22.3 Å². The van der Waals surface area contributed by atoms with Crippen LogP contribution in [0.5, 0.6) is 0 Å². The summed E-state index contributed by atoms with van der Waals surface area (Å²) >= 11 is 0. The molecule has 102 valence electrons. The summed E-state index contributed by atoms with van der Waals surface area (Å²) in [5.74, 6) is -0.740. The van der Waals surface area contributed by atoms with Crippen molar-refractivity contribution >= 4 is 5.97 Å². The summed E-state index contributed by atoms with van der Waals surface area (Å²) in [7, 11) is 0. The number of unbranched alkanes of at least 4 members (excludes halogenated alkanes) is 6. The lowest BCUT2D eigenvalue weighted by Gasteiger charge is -2.09. The fourth-order valence-electron chi connectivity index (χ4n) is 1.96. The van der Waals surface area contributed by atoms with Gasteiger partial charge in [0.05, 0.1) is 6.10 Å². The van der Waals surface area contributed by atoms with Crippen molar-refractivity contribution in [1.82, 2.24) is 0 Å². The predicted octanol–water partition coefficient (Wildman–Crippen LogP) is 3.74. The lowest BCUT2D eigenvalue weighted by molar-refractivity contribution is -0.137. The van der Waals surface area contributed by atoms with E-state index in [4.69, 9.17) is 5.11 Å².